The maximum atomic E-state index is 12.3. The second-order valence-corrected chi connectivity index (χ2v) is 5.89. The van der Waals surface area contributed by atoms with Crippen molar-refractivity contribution >= 4 is 17.8 Å². The molecule has 2 atom stereocenters. The molecular formula is C18H16N2O4. The molecule has 122 valence electrons. The minimum atomic E-state index is -0.618. The molecule has 1 saturated heterocycles. The predicted molar refractivity (Wildman–Crippen MR) is 83.0 cm³/mol. The van der Waals surface area contributed by atoms with Gasteiger partial charge in [0.1, 0.15) is 13.2 Å². The van der Waals surface area contributed by atoms with E-state index in [0.717, 1.165) is 10.5 Å². The van der Waals surface area contributed by atoms with Crippen LogP contribution in [-0.4, -0.2) is 29.2 Å². The van der Waals surface area contributed by atoms with Crippen molar-refractivity contribution in [2.75, 3.05) is 6.54 Å². The number of amides is 2. The van der Waals surface area contributed by atoms with Crippen molar-refractivity contribution < 1.29 is 19.1 Å². The summed E-state index contributed by atoms with van der Waals surface area (Å²) in [5, 5.41) is 8.73. The molecule has 0 unspecified atom stereocenters. The number of benzene rings is 1. The molecule has 1 aromatic rings. The zero-order valence-electron chi connectivity index (χ0n) is 13.0. The van der Waals surface area contributed by atoms with Gasteiger partial charge in [-0.05, 0) is 30.5 Å². The first-order valence-electron chi connectivity index (χ1n) is 7.75. The molecule has 0 spiro atoms. The first-order valence-corrected chi connectivity index (χ1v) is 7.75. The van der Waals surface area contributed by atoms with Crippen LogP contribution in [0.2, 0.25) is 0 Å². The van der Waals surface area contributed by atoms with Crippen molar-refractivity contribution in [1.29, 1.82) is 5.26 Å². The largest absolute Gasteiger partial charge is 0.459 e. The lowest BCUT2D eigenvalue weighted by atomic mass is 9.85. The Kier molecular flexibility index (Phi) is 4.43. The fourth-order valence-corrected chi connectivity index (χ4v) is 3.04. The Balaban J connectivity index is 1.56. The van der Waals surface area contributed by atoms with Crippen molar-refractivity contribution in [2.24, 2.45) is 11.8 Å². The number of carbonyl (C=O) groups is 3. The van der Waals surface area contributed by atoms with Gasteiger partial charge in [0.05, 0.1) is 23.5 Å². The Bertz CT molecular complexity index is 719. The Morgan fingerprint density at radius 1 is 1.12 bits per heavy atom. The summed E-state index contributed by atoms with van der Waals surface area (Å²) < 4.78 is 5.13. The lowest BCUT2D eigenvalue weighted by molar-refractivity contribution is -0.153. The fraction of sp³-hybridized carbons (Fsp3) is 0.333. The van der Waals surface area contributed by atoms with Crippen LogP contribution in [-0.2, 0) is 25.7 Å². The second kappa shape index (κ2) is 6.67. The van der Waals surface area contributed by atoms with E-state index in [1.807, 2.05) is 18.2 Å². The molecule has 3 rings (SSSR count). The third kappa shape index (κ3) is 3.06. The van der Waals surface area contributed by atoms with Crippen LogP contribution >= 0.6 is 0 Å². The Labute approximate surface area is 139 Å². The number of nitriles is 1. The molecule has 1 heterocycles. The van der Waals surface area contributed by atoms with E-state index in [2.05, 4.69) is 0 Å². The molecule has 0 radical (unpaired) electrons. The van der Waals surface area contributed by atoms with E-state index in [1.165, 1.54) is 0 Å². The Morgan fingerprint density at radius 2 is 1.71 bits per heavy atom. The summed E-state index contributed by atoms with van der Waals surface area (Å²) in [5.41, 5.74) is 1.26. The third-order valence-corrected chi connectivity index (χ3v) is 4.37. The molecule has 6 nitrogen and oxygen atoms in total. The molecule has 0 bridgehead atoms. The van der Waals surface area contributed by atoms with E-state index in [-0.39, 0.29) is 36.8 Å². The molecule has 0 N–H and O–H groups in total. The molecule has 1 aliphatic carbocycles. The summed E-state index contributed by atoms with van der Waals surface area (Å²) in [6.45, 7) is -0.309. The van der Waals surface area contributed by atoms with Gasteiger partial charge in [0, 0.05) is 0 Å². The van der Waals surface area contributed by atoms with Crippen molar-refractivity contribution in [3.05, 3.63) is 47.5 Å². The normalized spacial score (nSPS) is 22.2. The van der Waals surface area contributed by atoms with Gasteiger partial charge in [-0.15, -0.1) is 0 Å². The van der Waals surface area contributed by atoms with Gasteiger partial charge in [0.25, 0.3) is 0 Å². The number of allylic oxidation sites excluding steroid dienone is 2. The number of carbonyl (C=O) groups excluding carboxylic acids is 3. The minimum Gasteiger partial charge on any atom is -0.459 e. The van der Waals surface area contributed by atoms with E-state index in [9.17, 15) is 14.4 Å². The number of hydrogen-bond donors (Lipinski definition) is 0. The molecule has 2 amide bonds. The van der Waals surface area contributed by atoms with Gasteiger partial charge < -0.3 is 4.74 Å². The molecule has 0 aromatic heterocycles. The zero-order chi connectivity index (χ0) is 17.1. The number of rotatable bonds is 4. The molecule has 6 heteroatoms. The zero-order valence-corrected chi connectivity index (χ0v) is 13.0. The van der Waals surface area contributed by atoms with Gasteiger partial charge in [0.15, 0.2) is 0 Å². The SMILES string of the molecule is N#Cc1ccc(COC(=O)CN2C(=O)[C@@H]3CC=CC[C@H]3C2=O)cc1. The summed E-state index contributed by atoms with van der Waals surface area (Å²) in [4.78, 5) is 37.5. The maximum Gasteiger partial charge on any atom is 0.326 e. The third-order valence-electron chi connectivity index (χ3n) is 4.37. The molecular weight excluding hydrogens is 308 g/mol. The van der Waals surface area contributed by atoms with Crippen LogP contribution in [0.1, 0.15) is 24.0 Å². The molecule has 0 saturated carbocycles. The van der Waals surface area contributed by atoms with Crippen molar-refractivity contribution in [3.8, 4) is 6.07 Å². The number of fused-ring (bicyclic) bond motifs is 1. The van der Waals surface area contributed by atoms with Crippen molar-refractivity contribution in [3.63, 3.8) is 0 Å². The number of likely N-dealkylation sites (tertiary alicyclic amines) is 1. The van der Waals surface area contributed by atoms with Crippen LogP contribution in [0, 0.1) is 23.2 Å². The molecule has 1 aliphatic heterocycles. The van der Waals surface area contributed by atoms with Crippen LogP contribution in [0.25, 0.3) is 0 Å². The van der Waals surface area contributed by atoms with Gasteiger partial charge in [-0.3, -0.25) is 19.3 Å². The molecule has 1 fully saturated rings. The van der Waals surface area contributed by atoms with E-state index in [4.69, 9.17) is 10.00 Å². The van der Waals surface area contributed by atoms with Crippen LogP contribution in [0.3, 0.4) is 0 Å². The van der Waals surface area contributed by atoms with Gasteiger partial charge in [0.2, 0.25) is 11.8 Å². The average molecular weight is 324 g/mol. The lowest BCUT2D eigenvalue weighted by Crippen LogP contribution is -2.36. The van der Waals surface area contributed by atoms with Crippen LogP contribution < -0.4 is 0 Å². The standard InChI is InChI=1S/C18H16N2O4/c19-9-12-5-7-13(8-6-12)11-24-16(21)10-20-17(22)14-3-1-2-4-15(14)18(20)23/h1-2,5-8,14-15H,3-4,10-11H2/t14-,15-/m1/s1. The highest BCUT2D eigenvalue weighted by Crippen LogP contribution is 2.34. The van der Waals surface area contributed by atoms with Gasteiger partial charge in [-0.2, -0.15) is 5.26 Å². The molecule has 1 aromatic carbocycles. The number of esters is 1. The maximum absolute atomic E-state index is 12.3. The summed E-state index contributed by atoms with van der Waals surface area (Å²) in [6.07, 6.45) is 4.90. The van der Waals surface area contributed by atoms with Gasteiger partial charge in [-0.1, -0.05) is 24.3 Å². The van der Waals surface area contributed by atoms with Crippen molar-refractivity contribution in [2.45, 2.75) is 19.4 Å². The van der Waals surface area contributed by atoms with Crippen LogP contribution in [0.15, 0.2) is 36.4 Å². The van der Waals surface area contributed by atoms with E-state index in [1.54, 1.807) is 24.3 Å². The second-order valence-electron chi connectivity index (χ2n) is 5.89. The number of hydrogen-bond acceptors (Lipinski definition) is 5. The number of imide groups is 1. The van der Waals surface area contributed by atoms with Gasteiger partial charge >= 0.3 is 5.97 Å². The number of nitrogens with zero attached hydrogens (tertiary/aromatic N) is 2. The van der Waals surface area contributed by atoms with Crippen molar-refractivity contribution in [1.82, 2.24) is 4.90 Å². The highest BCUT2D eigenvalue weighted by atomic mass is 16.5. The molecule has 2 aliphatic rings. The minimum absolute atomic E-state index is 0.0369. The van der Waals surface area contributed by atoms with E-state index < -0.39 is 5.97 Å². The van der Waals surface area contributed by atoms with Gasteiger partial charge in [-0.25, -0.2) is 0 Å². The summed E-state index contributed by atoms with van der Waals surface area (Å²) in [5.74, 6) is -1.87. The van der Waals surface area contributed by atoms with Crippen LogP contribution in [0.5, 0.6) is 0 Å². The quantitative estimate of drug-likeness (QED) is 0.476. The topological polar surface area (TPSA) is 87.5 Å². The smallest absolute Gasteiger partial charge is 0.326 e. The van der Waals surface area contributed by atoms with Crippen LogP contribution in [0.4, 0.5) is 0 Å². The summed E-state index contributed by atoms with van der Waals surface area (Å²) in [6, 6.07) is 8.66. The first-order chi connectivity index (χ1) is 11.6. The van der Waals surface area contributed by atoms with E-state index >= 15 is 0 Å². The first kappa shape index (κ1) is 15.9. The fourth-order valence-electron chi connectivity index (χ4n) is 3.04. The highest BCUT2D eigenvalue weighted by molar-refractivity contribution is 6.07. The molecule has 24 heavy (non-hydrogen) atoms. The highest BCUT2D eigenvalue weighted by Gasteiger charge is 2.47. The monoisotopic (exact) mass is 324 g/mol. The predicted octanol–water partition coefficient (Wildman–Crippen LogP) is 1.55. The Morgan fingerprint density at radius 3 is 2.25 bits per heavy atom. The summed E-state index contributed by atoms with van der Waals surface area (Å²) >= 11 is 0. The number of ether oxygens (including phenoxy) is 1. The van der Waals surface area contributed by atoms with E-state index in [0.29, 0.717) is 18.4 Å². The Hall–Kier alpha value is -2.94. The summed E-state index contributed by atoms with van der Waals surface area (Å²) in [7, 11) is 0. The lowest BCUT2D eigenvalue weighted by Gasteiger charge is -2.14. The average Bonchev–Trinajstić information content (AvgIpc) is 2.86.